The Morgan fingerprint density at radius 3 is 0.624 bits per heavy atom. The molecule has 109 heavy (non-hydrogen) atoms. The molecule has 0 aromatic rings. The standard InChI is InChI=1S/C90H176O17P2/c1-8-9-10-11-12-13-14-36-43-50-57-64-71-87(92)100-77-85(106-89(94)73-66-59-52-45-38-31-25-19-16-22-28-34-41-48-55-62-69-82(4)5)79-104-108(96,97)102-75-84(91)76-103-109(98,99)105-80-86(107-90(95)74-67-60-53-46-39-32-26-20-17-23-29-35-42-49-56-63-70-83(6)7)78-101-88(93)72-65-58-51-44-37-30-24-18-15-21-27-33-40-47-54-61-68-81(2)3/h81-86,91H,8-80H2,1-7H3,(H,96,97)(H,98,99)/t84-,85+,86+/m0/s1. The van der Waals surface area contributed by atoms with Crippen LogP contribution in [0.3, 0.4) is 0 Å². The molecule has 0 aromatic heterocycles. The largest absolute Gasteiger partial charge is 0.472 e. The first-order valence-corrected chi connectivity index (χ1v) is 49.3. The lowest BCUT2D eigenvalue weighted by Gasteiger charge is -2.21. The van der Waals surface area contributed by atoms with E-state index in [9.17, 15) is 43.2 Å². The molecular weight excluding hydrogens is 1410 g/mol. The van der Waals surface area contributed by atoms with Gasteiger partial charge in [-0.15, -0.1) is 0 Å². The van der Waals surface area contributed by atoms with Crippen LogP contribution in [0.4, 0.5) is 0 Å². The molecule has 3 N–H and O–H groups in total. The smallest absolute Gasteiger partial charge is 0.462 e. The van der Waals surface area contributed by atoms with Crippen LogP contribution in [-0.4, -0.2) is 96.7 Å². The van der Waals surface area contributed by atoms with E-state index in [4.69, 9.17) is 37.0 Å². The number of carbonyl (C=O) groups is 4. The lowest BCUT2D eigenvalue weighted by molar-refractivity contribution is -0.161. The Kier molecular flexibility index (Phi) is 78.5. The third-order valence-corrected chi connectivity index (χ3v) is 23.0. The molecule has 0 fully saturated rings. The van der Waals surface area contributed by atoms with Crippen LogP contribution in [0.15, 0.2) is 0 Å². The zero-order chi connectivity index (χ0) is 80.0. The lowest BCUT2D eigenvalue weighted by Crippen LogP contribution is -2.30. The first-order chi connectivity index (χ1) is 52.7. The summed E-state index contributed by atoms with van der Waals surface area (Å²) in [5.41, 5.74) is 0. The fourth-order valence-corrected chi connectivity index (χ4v) is 15.7. The summed E-state index contributed by atoms with van der Waals surface area (Å²) in [5.74, 6) is 0.334. The van der Waals surface area contributed by atoms with Gasteiger partial charge in [-0.3, -0.25) is 37.3 Å². The summed E-state index contributed by atoms with van der Waals surface area (Å²) in [6.07, 6.45) is 72.1. The molecule has 0 radical (unpaired) electrons. The van der Waals surface area contributed by atoms with Crippen molar-refractivity contribution in [1.82, 2.24) is 0 Å². The number of unbranched alkanes of at least 4 members (excludes halogenated alkanes) is 56. The average molecular weight is 1590 g/mol. The maximum atomic E-state index is 13.2. The third-order valence-electron chi connectivity index (χ3n) is 21.1. The molecule has 0 rings (SSSR count). The second kappa shape index (κ2) is 79.9. The summed E-state index contributed by atoms with van der Waals surface area (Å²) >= 11 is 0. The molecule has 0 saturated heterocycles. The Morgan fingerprint density at radius 2 is 0.422 bits per heavy atom. The van der Waals surface area contributed by atoms with Crippen LogP contribution < -0.4 is 0 Å². The number of phosphoric acid groups is 2. The van der Waals surface area contributed by atoms with Crippen LogP contribution in [0.5, 0.6) is 0 Å². The maximum absolute atomic E-state index is 13.2. The highest BCUT2D eigenvalue weighted by molar-refractivity contribution is 7.47. The summed E-state index contributed by atoms with van der Waals surface area (Å²) in [6.45, 7) is 12.1. The minimum atomic E-state index is -4.97. The Balaban J connectivity index is 5.25. The average Bonchev–Trinajstić information content (AvgIpc) is 0.899. The first-order valence-electron chi connectivity index (χ1n) is 46.3. The predicted octanol–water partition coefficient (Wildman–Crippen LogP) is 27.6. The number of phosphoric ester groups is 2. The van der Waals surface area contributed by atoms with Crippen LogP contribution >= 0.6 is 15.6 Å². The van der Waals surface area contributed by atoms with Crippen molar-refractivity contribution >= 4 is 39.5 Å². The van der Waals surface area contributed by atoms with Crippen molar-refractivity contribution in [3.05, 3.63) is 0 Å². The Morgan fingerprint density at radius 1 is 0.248 bits per heavy atom. The molecule has 0 aromatic carbocycles. The molecule has 0 spiro atoms. The summed E-state index contributed by atoms with van der Waals surface area (Å²) in [6, 6.07) is 0. The SMILES string of the molecule is CCCCCCCCCCCCCCC(=O)OC[C@H](COP(=O)(O)OC[C@H](O)COP(=O)(O)OC[C@@H](COC(=O)CCCCCCCCCCCCCCCCCCC(C)C)OC(=O)CCCCCCCCCCCCCCCCCCC(C)C)OC(=O)CCCCCCCCCCCCCCCCCCC(C)C. The summed E-state index contributed by atoms with van der Waals surface area (Å²) in [5, 5.41) is 10.7. The molecule has 0 aliphatic carbocycles. The zero-order valence-electron chi connectivity index (χ0n) is 72.0. The number of rotatable bonds is 88. The monoisotopic (exact) mass is 1590 g/mol. The van der Waals surface area contributed by atoms with Crippen LogP contribution in [-0.2, 0) is 65.4 Å². The maximum Gasteiger partial charge on any atom is 0.472 e. The minimum Gasteiger partial charge on any atom is -0.462 e. The molecule has 648 valence electrons. The van der Waals surface area contributed by atoms with Crippen LogP contribution in [0.1, 0.15) is 479 Å². The molecule has 19 heteroatoms. The zero-order valence-corrected chi connectivity index (χ0v) is 73.8. The van der Waals surface area contributed by atoms with E-state index >= 15 is 0 Å². The normalized spacial score (nSPS) is 13.8. The molecular formula is C90H176O17P2. The van der Waals surface area contributed by atoms with Crippen molar-refractivity contribution in [2.45, 2.75) is 497 Å². The number of aliphatic hydroxyl groups excluding tert-OH is 1. The highest BCUT2D eigenvalue weighted by Crippen LogP contribution is 2.45. The van der Waals surface area contributed by atoms with Crippen molar-refractivity contribution in [3.63, 3.8) is 0 Å². The van der Waals surface area contributed by atoms with Gasteiger partial charge in [-0.25, -0.2) is 9.13 Å². The first kappa shape index (κ1) is 107. The molecule has 0 amide bonds. The summed E-state index contributed by atoms with van der Waals surface area (Å²) < 4.78 is 69.1. The quantitative estimate of drug-likeness (QED) is 0.0222. The van der Waals surface area contributed by atoms with Gasteiger partial charge in [0, 0.05) is 25.7 Å². The number of hydrogen-bond acceptors (Lipinski definition) is 15. The second-order valence-corrected chi connectivity index (χ2v) is 36.7. The number of aliphatic hydroxyl groups is 1. The van der Waals surface area contributed by atoms with E-state index in [1.54, 1.807) is 0 Å². The van der Waals surface area contributed by atoms with E-state index in [2.05, 4.69) is 48.5 Å². The summed E-state index contributed by atoms with van der Waals surface area (Å²) in [7, 11) is -9.94. The van der Waals surface area contributed by atoms with Gasteiger partial charge in [-0.2, -0.15) is 0 Å². The number of ether oxygens (including phenoxy) is 4. The van der Waals surface area contributed by atoms with E-state index in [1.807, 2.05) is 0 Å². The van der Waals surface area contributed by atoms with Crippen LogP contribution in [0.2, 0.25) is 0 Å². The van der Waals surface area contributed by atoms with E-state index < -0.39 is 97.5 Å². The van der Waals surface area contributed by atoms with E-state index in [-0.39, 0.29) is 25.7 Å². The number of hydrogen-bond donors (Lipinski definition) is 3. The van der Waals surface area contributed by atoms with Gasteiger partial charge in [0.05, 0.1) is 26.4 Å². The van der Waals surface area contributed by atoms with Crippen molar-refractivity contribution in [1.29, 1.82) is 0 Å². The molecule has 5 atom stereocenters. The Hall–Kier alpha value is -1.94. The Bertz CT molecular complexity index is 2100. The third kappa shape index (κ3) is 83.8. The fraction of sp³-hybridized carbons (Fsp3) is 0.956. The fourth-order valence-electron chi connectivity index (χ4n) is 14.1. The number of esters is 4. The van der Waals surface area contributed by atoms with Gasteiger partial charge in [0.15, 0.2) is 12.2 Å². The van der Waals surface area contributed by atoms with Gasteiger partial charge in [-0.1, -0.05) is 427 Å². The second-order valence-electron chi connectivity index (χ2n) is 33.8. The highest BCUT2D eigenvalue weighted by Gasteiger charge is 2.31. The van der Waals surface area contributed by atoms with Gasteiger partial charge in [0.25, 0.3) is 0 Å². The van der Waals surface area contributed by atoms with Gasteiger partial charge >= 0.3 is 39.5 Å². The van der Waals surface area contributed by atoms with Crippen molar-refractivity contribution in [2.24, 2.45) is 17.8 Å². The van der Waals surface area contributed by atoms with Crippen LogP contribution in [0, 0.1) is 17.8 Å². The molecule has 0 heterocycles. The molecule has 0 saturated carbocycles. The van der Waals surface area contributed by atoms with Crippen LogP contribution in [0.25, 0.3) is 0 Å². The van der Waals surface area contributed by atoms with Crippen molar-refractivity contribution in [2.75, 3.05) is 39.6 Å². The molecule has 17 nitrogen and oxygen atoms in total. The minimum absolute atomic E-state index is 0.108. The highest BCUT2D eigenvalue weighted by atomic mass is 31.2. The van der Waals surface area contributed by atoms with E-state index in [1.165, 1.54) is 289 Å². The van der Waals surface area contributed by atoms with Gasteiger partial charge in [0.2, 0.25) is 0 Å². The molecule has 0 bridgehead atoms. The predicted molar refractivity (Wildman–Crippen MR) is 451 cm³/mol. The van der Waals surface area contributed by atoms with Crippen molar-refractivity contribution < 1.29 is 80.2 Å². The lowest BCUT2D eigenvalue weighted by atomic mass is 10.0. The van der Waals surface area contributed by atoms with Gasteiger partial charge < -0.3 is 33.8 Å². The number of carbonyl (C=O) groups excluding carboxylic acids is 4. The molecule has 0 aliphatic heterocycles. The summed E-state index contributed by atoms with van der Waals surface area (Å²) in [4.78, 5) is 73.4. The van der Waals surface area contributed by atoms with E-state index in [0.29, 0.717) is 25.7 Å². The molecule has 2 unspecified atom stereocenters. The van der Waals surface area contributed by atoms with E-state index in [0.717, 1.165) is 108 Å². The molecule has 0 aliphatic rings. The van der Waals surface area contributed by atoms with Gasteiger partial charge in [0.1, 0.15) is 19.3 Å². The van der Waals surface area contributed by atoms with Gasteiger partial charge in [-0.05, 0) is 43.4 Å². The Labute approximate surface area is 670 Å². The topological polar surface area (TPSA) is 237 Å². The van der Waals surface area contributed by atoms with Crippen molar-refractivity contribution in [3.8, 4) is 0 Å².